The summed E-state index contributed by atoms with van der Waals surface area (Å²) in [5, 5.41) is 0.583. The molecule has 38 heavy (non-hydrogen) atoms. The van der Waals surface area contributed by atoms with E-state index in [1.54, 1.807) is 27.1 Å². The smallest absolute Gasteiger partial charge is 0.336 e. The summed E-state index contributed by atoms with van der Waals surface area (Å²) in [6.07, 6.45) is -3.33. The summed E-state index contributed by atoms with van der Waals surface area (Å²) in [7, 11) is -1.01. The first-order chi connectivity index (χ1) is 17.6. The van der Waals surface area contributed by atoms with Crippen LogP contribution in [0.2, 0.25) is 0 Å². The Labute approximate surface area is 223 Å². The number of nitrogens with zero attached hydrogens (tertiary/aromatic N) is 1. The van der Waals surface area contributed by atoms with E-state index in [0.717, 1.165) is 31.9 Å². The lowest BCUT2D eigenvalue weighted by atomic mass is 9.94. The van der Waals surface area contributed by atoms with E-state index in [0.29, 0.717) is 10.9 Å². The monoisotopic (exact) mass is 571 g/mol. The molecule has 12 nitrogen and oxygen atoms in total. The summed E-state index contributed by atoms with van der Waals surface area (Å²) in [5.41, 5.74) is 0.284. The fourth-order valence-electron chi connectivity index (χ4n) is 4.15. The zero-order chi connectivity index (χ0) is 28.4. The molecule has 0 bridgehead atoms. The number of carbonyl (C=O) groups is 3. The SMILES string of the molecule is CC(=O)O[C@@H]1[C@@H](OC(=O)CN(C)C)[C@@](OS(C)(=O)=O)(c2ccc3c(C)cc(=O)oc3c2)SC[C@H]1OC(C)=O. The number of esters is 3. The summed E-state index contributed by atoms with van der Waals surface area (Å²) < 4.78 is 52.8. The van der Waals surface area contributed by atoms with E-state index < -0.39 is 56.9 Å². The van der Waals surface area contributed by atoms with Gasteiger partial charge in [0, 0.05) is 36.6 Å². The van der Waals surface area contributed by atoms with E-state index in [1.165, 1.54) is 23.1 Å². The second kappa shape index (κ2) is 11.4. The maximum atomic E-state index is 12.9. The van der Waals surface area contributed by atoms with E-state index in [9.17, 15) is 27.6 Å². The lowest BCUT2D eigenvalue weighted by molar-refractivity contribution is -0.196. The van der Waals surface area contributed by atoms with Gasteiger partial charge in [-0.1, -0.05) is 12.1 Å². The van der Waals surface area contributed by atoms with Crippen molar-refractivity contribution in [1.82, 2.24) is 4.90 Å². The molecule has 0 unspecified atom stereocenters. The summed E-state index contributed by atoms with van der Waals surface area (Å²) in [6, 6.07) is 5.87. The third kappa shape index (κ3) is 6.92. The topological polar surface area (TPSA) is 156 Å². The standard InChI is InChI=1S/C24H29NO11S2/c1-13-9-20(28)34-18-10-16(7-8-17(13)18)24(36-38(6,30)31)23(35-21(29)11-25(4)5)22(33-15(3)27)19(12-37-24)32-14(2)26/h7-10,19,22-23H,11-12H2,1-6H3/t19-,22+,23-,24-/m1/s1. The zero-order valence-electron chi connectivity index (χ0n) is 21.7. The van der Waals surface area contributed by atoms with Crippen molar-refractivity contribution >= 4 is 50.8 Å². The van der Waals surface area contributed by atoms with Crippen molar-refractivity contribution in [3.63, 3.8) is 0 Å². The number of hydrogen-bond acceptors (Lipinski definition) is 13. The Morgan fingerprint density at radius 2 is 1.76 bits per heavy atom. The molecule has 1 aromatic heterocycles. The van der Waals surface area contributed by atoms with Crippen LogP contribution in [0.25, 0.3) is 11.0 Å². The van der Waals surface area contributed by atoms with Gasteiger partial charge in [0.1, 0.15) is 5.58 Å². The van der Waals surface area contributed by atoms with E-state index in [-0.39, 0.29) is 23.4 Å². The molecular formula is C24H29NO11S2. The highest BCUT2D eigenvalue weighted by Gasteiger charge is 2.59. The Balaban J connectivity index is 2.30. The van der Waals surface area contributed by atoms with Crippen LogP contribution in [0.3, 0.4) is 0 Å². The number of hydrogen-bond donors (Lipinski definition) is 0. The van der Waals surface area contributed by atoms with Crippen LogP contribution in [-0.2, 0) is 47.8 Å². The van der Waals surface area contributed by atoms with Crippen molar-refractivity contribution in [2.45, 2.75) is 44.0 Å². The van der Waals surface area contributed by atoms with Crippen LogP contribution in [0, 0.1) is 6.92 Å². The van der Waals surface area contributed by atoms with Gasteiger partial charge in [0.05, 0.1) is 12.8 Å². The minimum atomic E-state index is -4.25. The highest BCUT2D eigenvalue weighted by atomic mass is 32.2. The van der Waals surface area contributed by atoms with Crippen LogP contribution in [0.5, 0.6) is 0 Å². The minimum absolute atomic E-state index is 0.0927. The van der Waals surface area contributed by atoms with Gasteiger partial charge in [0.2, 0.25) is 0 Å². The molecule has 3 rings (SSSR count). The molecule has 14 heteroatoms. The molecule has 0 aliphatic carbocycles. The van der Waals surface area contributed by atoms with Crippen LogP contribution in [0.4, 0.5) is 0 Å². The second-order valence-electron chi connectivity index (χ2n) is 9.10. The van der Waals surface area contributed by atoms with Gasteiger partial charge in [-0.2, -0.15) is 8.42 Å². The lowest BCUT2D eigenvalue weighted by Gasteiger charge is -2.47. The largest absolute Gasteiger partial charge is 0.458 e. The highest BCUT2D eigenvalue weighted by Crippen LogP contribution is 2.50. The van der Waals surface area contributed by atoms with Crippen molar-refractivity contribution in [3.05, 3.63) is 45.8 Å². The van der Waals surface area contributed by atoms with Crippen molar-refractivity contribution in [3.8, 4) is 0 Å². The number of likely N-dealkylation sites (N-methyl/N-ethyl adjacent to an activating group) is 1. The molecule has 1 saturated heterocycles. The van der Waals surface area contributed by atoms with Gasteiger partial charge in [-0.25, -0.2) is 8.98 Å². The van der Waals surface area contributed by atoms with Gasteiger partial charge >= 0.3 is 23.5 Å². The molecule has 1 aliphatic rings. The molecule has 0 saturated carbocycles. The van der Waals surface area contributed by atoms with Crippen LogP contribution < -0.4 is 5.63 Å². The van der Waals surface area contributed by atoms with Gasteiger partial charge in [-0.05, 0) is 32.6 Å². The predicted molar refractivity (Wildman–Crippen MR) is 137 cm³/mol. The molecule has 0 N–H and O–H groups in total. The quantitative estimate of drug-likeness (QED) is 0.194. The Bertz CT molecular complexity index is 1400. The van der Waals surface area contributed by atoms with Crippen LogP contribution in [0.1, 0.15) is 25.0 Å². The number of aryl methyl sites for hydroxylation is 1. The molecular weight excluding hydrogens is 542 g/mol. The van der Waals surface area contributed by atoms with Crippen molar-refractivity contribution in [2.75, 3.05) is 32.6 Å². The first-order valence-corrected chi connectivity index (χ1v) is 14.2. The Morgan fingerprint density at radius 3 is 2.34 bits per heavy atom. The Hall–Kier alpha value is -2.94. The maximum Gasteiger partial charge on any atom is 0.336 e. The zero-order valence-corrected chi connectivity index (χ0v) is 23.3. The average molecular weight is 572 g/mol. The third-order valence-electron chi connectivity index (χ3n) is 5.45. The van der Waals surface area contributed by atoms with Gasteiger partial charge in [-0.15, -0.1) is 11.8 Å². The summed E-state index contributed by atoms with van der Waals surface area (Å²) in [6.45, 7) is 3.78. The summed E-state index contributed by atoms with van der Waals surface area (Å²) in [5.74, 6) is -2.36. The first kappa shape index (κ1) is 29.6. The molecule has 1 aliphatic heterocycles. The number of ether oxygens (including phenoxy) is 3. The fraction of sp³-hybridized carbons (Fsp3) is 0.500. The Morgan fingerprint density at radius 1 is 1.11 bits per heavy atom. The predicted octanol–water partition coefficient (Wildman–Crippen LogP) is 1.31. The molecule has 0 spiro atoms. The molecule has 0 amide bonds. The van der Waals surface area contributed by atoms with E-state index in [4.69, 9.17) is 22.8 Å². The number of fused-ring (bicyclic) bond motifs is 1. The average Bonchev–Trinajstić information content (AvgIpc) is 2.75. The molecule has 0 radical (unpaired) electrons. The van der Waals surface area contributed by atoms with Crippen molar-refractivity contribution in [1.29, 1.82) is 0 Å². The normalized spacial score (nSPS) is 23.7. The third-order valence-corrected chi connectivity index (χ3v) is 7.60. The van der Waals surface area contributed by atoms with Gasteiger partial charge < -0.3 is 18.6 Å². The molecule has 208 valence electrons. The summed E-state index contributed by atoms with van der Waals surface area (Å²) >= 11 is 0.877. The van der Waals surface area contributed by atoms with Crippen molar-refractivity contribution < 1.29 is 45.6 Å². The molecule has 1 fully saturated rings. The van der Waals surface area contributed by atoms with Crippen LogP contribution in [0.15, 0.2) is 33.5 Å². The maximum absolute atomic E-state index is 12.9. The number of benzene rings is 1. The Kier molecular flexibility index (Phi) is 8.91. The molecule has 2 heterocycles. The number of rotatable bonds is 8. The second-order valence-corrected chi connectivity index (χ2v) is 11.9. The molecule has 1 aromatic carbocycles. The van der Waals surface area contributed by atoms with E-state index in [1.807, 2.05) is 0 Å². The van der Waals surface area contributed by atoms with Gasteiger partial charge in [0.15, 0.2) is 23.2 Å². The lowest BCUT2D eigenvalue weighted by Crippen LogP contribution is -2.60. The number of thioether (sulfide) groups is 1. The van der Waals surface area contributed by atoms with Crippen LogP contribution in [-0.4, -0.2) is 82.2 Å². The van der Waals surface area contributed by atoms with Gasteiger partial charge in [-0.3, -0.25) is 19.3 Å². The molecule has 4 atom stereocenters. The minimum Gasteiger partial charge on any atom is -0.458 e. The molecule has 2 aromatic rings. The fourth-order valence-corrected chi connectivity index (χ4v) is 6.67. The highest BCUT2D eigenvalue weighted by molar-refractivity contribution is 8.00. The van der Waals surface area contributed by atoms with E-state index >= 15 is 0 Å². The van der Waals surface area contributed by atoms with Crippen molar-refractivity contribution in [2.24, 2.45) is 0 Å². The summed E-state index contributed by atoms with van der Waals surface area (Å²) in [4.78, 5) is 48.4. The van der Waals surface area contributed by atoms with Gasteiger partial charge in [0.25, 0.3) is 10.1 Å². The first-order valence-electron chi connectivity index (χ1n) is 11.4. The van der Waals surface area contributed by atoms with E-state index in [2.05, 4.69) is 0 Å². The van der Waals surface area contributed by atoms with Crippen LogP contribution >= 0.6 is 11.8 Å². The number of carbonyl (C=O) groups excluding carboxylic acids is 3.